The Hall–Kier alpha value is -2.53. The number of carboxylic acids is 1. The number of aliphatic carboxylic acids is 1. The number of carbonyl (C=O) groups is 1. The molecule has 0 fully saturated rings. The minimum absolute atomic E-state index is 0.413. The first kappa shape index (κ1) is 16.8. The first-order chi connectivity index (χ1) is 11.2. The molecule has 0 amide bonds. The third-order valence-corrected chi connectivity index (χ3v) is 3.42. The van der Waals surface area contributed by atoms with Crippen LogP contribution in [-0.2, 0) is 11.3 Å². The van der Waals surface area contributed by atoms with Gasteiger partial charge in [-0.1, -0.05) is 36.4 Å². The lowest BCUT2D eigenvalue weighted by Crippen LogP contribution is -2.28. The molecule has 122 valence electrons. The molecule has 0 heterocycles. The van der Waals surface area contributed by atoms with E-state index < -0.39 is 12.0 Å². The second-order valence-electron chi connectivity index (χ2n) is 4.98. The molecule has 0 aromatic heterocycles. The summed E-state index contributed by atoms with van der Waals surface area (Å²) in [6.07, 6.45) is 0. The minimum Gasteiger partial charge on any atom is -0.493 e. The Labute approximate surface area is 135 Å². The lowest BCUT2D eigenvalue weighted by molar-refractivity contribution is -0.139. The Morgan fingerprint density at radius 1 is 1.17 bits per heavy atom. The highest BCUT2D eigenvalue weighted by Crippen LogP contribution is 2.28. The van der Waals surface area contributed by atoms with Crippen LogP contribution in [0.15, 0.2) is 48.5 Å². The Morgan fingerprint density at radius 3 is 2.52 bits per heavy atom. The van der Waals surface area contributed by atoms with Crippen LogP contribution in [0, 0.1) is 0 Å². The van der Waals surface area contributed by atoms with Gasteiger partial charge in [-0.25, -0.2) is 0 Å². The van der Waals surface area contributed by atoms with Gasteiger partial charge in [-0.05, 0) is 30.2 Å². The Balaban J connectivity index is 2.12. The summed E-state index contributed by atoms with van der Waals surface area (Å²) < 4.78 is 10.8. The van der Waals surface area contributed by atoms with Crippen LogP contribution in [0.3, 0.4) is 0 Å². The predicted molar refractivity (Wildman–Crippen MR) is 87.8 cm³/mol. The van der Waals surface area contributed by atoms with Gasteiger partial charge < -0.3 is 14.6 Å². The number of carboxylic acid groups (broad SMARTS) is 1. The molecule has 0 aliphatic carbocycles. The monoisotopic (exact) mass is 315 g/mol. The second-order valence-corrected chi connectivity index (χ2v) is 4.98. The number of benzene rings is 2. The van der Waals surface area contributed by atoms with Gasteiger partial charge in [0.15, 0.2) is 11.5 Å². The van der Waals surface area contributed by atoms with Crippen molar-refractivity contribution in [3.05, 3.63) is 59.7 Å². The molecule has 5 nitrogen and oxygen atoms in total. The summed E-state index contributed by atoms with van der Waals surface area (Å²) in [5.41, 5.74) is 1.65. The van der Waals surface area contributed by atoms with E-state index in [1.807, 2.05) is 43.3 Å². The molecule has 0 saturated carbocycles. The predicted octanol–water partition coefficient (Wildman–Crippen LogP) is 3.01. The van der Waals surface area contributed by atoms with Gasteiger partial charge in [0.2, 0.25) is 0 Å². The second kappa shape index (κ2) is 8.19. The number of nitrogens with one attached hydrogen (secondary N) is 1. The molecule has 2 aromatic carbocycles. The van der Waals surface area contributed by atoms with Crippen LogP contribution >= 0.6 is 0 Å². The minimum atomic E-state index is -0.908. The van der Waals surface area contributed by atoms with E-state index in [0.29, 0.717) is 24.7 Å². The number of methoxy groups -OCH3 is 1. The zero-order valence-corrected chi connectivity index (χ0v) is 13.3. The fourth-order valence-corrected chi connectivity index (χ4v) is 2.31. The molecule has 0 radical (unpaired) electrons. The number of hydrogen-bond acceptors (Lipinski definition) is 4. The van der Waals surface area contributed by atoms with E-state index in [1.54, 1.807) is 19.2 Å². The zero-order chi connectivity index (χ0) is 16.7. The highest BCUT2D eigenvalue weighted by Gasteiger charge is 2.18. The van der Waals surface area contributed by atoms with Crippen molar-refractivity contribution in [3.63, 3.8) is 0 Å². The van der Waals surface area contributed by atoms with Gasteiger partial charge in [0.25, 0.3) is 0 Å². The number of ether oxygens (including phenoxy) is 2. The molecule has 2 N–H and O–H groups in total. The Bertz CT molecular complexity index is 643. The van der Waals surface area contributed by atoms with Crippen molar-refractivity contribution in [1.29, 1.82) is 0 Å². The molecule has 0 unspecified atom stereocenters. The SMILES string of the molecule is CCOc1cc(CN[C@@H](C(=O)O)c2ccccc2)ccc1OC. The number of hydrogen-bond donors (Lipinski definition) is 2. The molecule has 0 aliphatic heterocycles. The van der Waals surface area contributed by atoms with Crippen molar-refractivity contribution >= 4 is 5.97 Å². The summed E-state index contributed by atoms with van der Waals surface area (Å²) in [5, 5.41) is 12.5. The fraction of sp³-hybridized carbons (Fsp3) is 0.278. The summed E-state index contributed by atoms with van der Waals surface area (Å²) in [5.74, 6) is 0.407. The van der Waals surface area contributed by atoms with E-state index in [-0.39, 0.29) is 0 Å². The van der Waals surface area contributed by atoms with Gasteiger partial charge in [-0.15, -0.1) is 0 Å². The van der Waals surface area contributed by atoms with Gasteiger partial charge >= 0.3 is 5.97 Å². The van der Waals surface area contributed by atoms with E-state index in [1.165, 1.54) is 0 Å². The quantitative estimate of drug-likeness (QED) is 0.784. The van der Waals surface area contributed by atoms with Crippen LogP contribution in [0.1, 0.15) is 24.1 Å². The molecule has 5 heteroatoms. The largest absolute Gasteiger partial charge is 0.493 e. The average molecular weight is 315 g/mol. The van der Waals surface area contributed by atoms with Crippen molar-refractivity contribution in [2.24, 2.45) is 0 Å². The van der Waals surface area contributed by atoms with E-state index in [2.05, 4.69) is 5.32 Å². The normalized spacial score (nSPS) is 11.7. The Morgan fingerprint density at radius 2 is 1.91 bits per heavy atom. The van der Waals surface area contributed by atoms with Crippen LogP contribution in [0.5, 0.6) is 11.5 Å². The highest BCUT2D eigenvalue weighted by atomic mass is 16.5. The van der Waals surface area contributed by atoms with Crippen molar-refractivity contribution in [2.45, 2.75) is 19.5 Å². The van der Waals surface area contributed by atoms with E-state index in [9.17, 15) is 9.90 Å². The van der Waals surface area contributed by atoms with Gasteiger partial charge in [-0.3, -0.25) is 10.1 Å². The maximum Gasteiger partial charge on any atom is 0.325 e. The standard InChI is InChI=1S/C18H21NO4/c1-3-23-16-11-13(9-10-15(16)22-2)12-19-17(18(20)21)14-7-5-4-6-8-14/h4-11,17,19H,3,12H2,1-2H3,(H,20,21)/t17-/m1/s1. The van der Waals surface area contributed by atoms with Crippen molar-refractivity contribution < 1.29 is 19.4 Å². The van der Waals surface area contributed by atoms with E-state index in [4.69, 9.17) is 9.47 Å². The molecule has 0 aliphatic rings. The third-order valence-electron chi connectivity index (χ3n) is 3.42. The maximum absolute atomic E-state index is 11.5. The summed E-state index contributed by atoms with van der Waals surface area (Å²) in [6, 6.07) is 13.9. The summed E-state index contributed by atoms with van der Waals surface area (Å²) >= 11 is 0. The number of rotatable bonds is 8. The van der Waals surface area contributed by atoms with Crippen LogP contribution in [0.25, 0.3) is 0 Å². The summed E-state index contributed by atoms with van der Waals surface area (Å²) in [7, 11) is 1.59. The van der Waals surface area contributed by atoms with E-state index >= 15 is 0 Å². The van der Waals surface area contributed by atoms with E-state index in [0.717, 1.165) is 11.1 Å². The molecular weight excluding hydrogens is 294 g/mol. The maximum atomic E-state index is 11.5. The molecular formula is C18H21NO4. The topological polar surface area (TPSA) is 67.8 Å². The average Bonchev–Trinajstić information content (AvgIpc) is 2.56. The lowest BCUT2D eigenvalue weighted by Gasteiger charge is -2.16. The molecule has 2 aromatic rings. The van der Waals surface area contributed by atoms with Gasteiger partial charge in [0.05, 0.1) is 13.7 Å². The molecule has 2 rings (SSSR count). The highest BCUT2D eigenvalue weighted by molar-refractivity contribution is 5.75. The lowest BCUT2D eigenvalue weighted by atomic mass is 10.1. The summed E-state index contributed by atoms with van der Waals surface area (Å²) in [4.78, 5) is 11.5. The Kier molecular flexibility index (Phi) is 6.00. The van der Waals surface area contributed by atoms with Crippen molar-refractivity contribution in [2.75, 3.05) is 13.7 Å². The van der Waals surface area contributed by atoms with Crippen molar-refractivity contribution in [3.8, 4) is 11.5 Å². The molecule has 0 bridgehead atoms. The van der Waals surface area contributed by atoms with Gasteiger partial charge in [0, 0.05) is 6.54 Å². The first-order valence-corrected chi connectivity index (χ1v) is 7.46. The van der Waals surface area contributed by atoms with Crippen molar-refractivity contribution in [1.82, 2.24) is 5.32 Å². The van der Waals surface area contributed by atoms with Gasteiger partial charge in [-0.2, -0.15) is 0 Å². The first-order valence-electron chi connectivity index (χ1n) is 7.46. The smallest absolute Gasteiger partial charge is 0.325 e. The van der Waals surface area contributed by atoms with Crippen LogP contribution < -0.4 is 14.8 Å². The van der Waals surface area contributed by atoms with Crippen LogP contribution in [-0.4, -0.2) is 24.8 Å². The van der Waals surface area contributed by atoms with Gasteiger partial charge in [0.1, 0.15) is 6.04 Å². The zero-order valence-electron chi connectivity index (χ0n) is 13.3. The summed E-state index contributed by atoms with van der Waals surface area (Å²) in [6.45, 7) is 2.85. The molecule has 0 spiro atoms. The molecule has 23 heavy (non-hydrogen) atoms. The third kappa shape index (κ3) is 4.47. The van der Waals surface area contributed by atoms with Crippen LogP contribution in [0.2, 0.25) is 0 Å². The molecule has 0 saturated heterocycles. The molecule has 1 atom stereocenters. The fourth-order valence-electron chi connectivity index (χ4n) is 2.31. The van der Waals surface area contributed by atoms with Crippen LogP contribution in [0.4, 0.5) is 0 Å².